The monoisotopic (exact) mass is 339 g/mol. The van der Waals surface area contributed by atoms with Gasteiger partial charge < -0.3 is 42.4 Å². The summed E-state index contributed by atoms with van der Waals surface area (Å²) in [4.78, 5) is 21.0. The minimum absolute atomic E-state index is 0.00899. The number of ether oxygens (including phenoxy) is 1. The van der Waals surface area contributed by atoms with Crippen molar-refractivity contribution in [2.75, 3.05) is 6.61 Å². The van der Waals surface area contributed by atoms with E-state index in [4.69, 9.17) is 21.9 Å². The Hall–Kier alpha value is -2.53. The van der Waals surface area contributed by atoms with Gasteiger partial charge in [-0.1, -0.05) is 6.08 Å². The molecule has 0 aromatic carbocycles. The number of nitrogens with zero attached hydrogens (tertiary/aromatic N) is 3. The van der Waals surface area contributed by atoms with Crippen molar-refractivity contribution in [2.45, 2.75) is 42.4 Å². The number of nitrogens with two attached hydrogens (primary N) is 3. The van der Waals surface area contributed by atoms with E-state index in [0.717, 1.165) is 0 Å². The van der Waals surface area contributed by atoms with Crippen LogP contribution in [0.5, 0.6) is 0 Å². The summed E-state index contributed by atoms with van der Waals surface area (Å²) in [7, 11) is 0. The van der Waals surface area contributed by atoms with E-state index >= 15 is 0 Å². The maximum atomic E-state index is 10.9. The van der Waals surface area contributed by atoms with Crippen molar-refractivity contribution in [3.8, 4) is 0 Å². The third-order valence-electron chi connectivity index (χ3n) is 4.65. The zero-order valence-corrected chi connectivity index (χ0v) is 12.9. The molecule has 1 fully saturated rings. The zero-order chi connectivity index (χ0) is 17.7. The van der Waals surface area contributed by atoms with Crippen molar-refractivity contribution >= 4 is 18.0 Å². The van der Waals surface area contributed by atoms with E-state index in [1.807, 2.05) is 0 Å². The number of hydrogen-bond acceptors (Lipinski definition) is 10. The second kappa shape index (κ2) is 5.24. The van der Waals surface area contributed by atoms with Crippen molar-refractivity contribution in [3.63, 3.8) is 0 Å². The molecule has 3 heterocycles. The van der Waals surface area contributed by atoms with Crippen LogP contribution in [0.3, 0.4) is 0 Å². The van der Waals surface area contributed by atoms with Crippen LogP contribution in [0.25, 0.3) is 0 Å². The van der Waals surface area contributed by atoms with Crippen LogP contribution in [0.2, 0.25) is 0 Å². The Bertz CT molecular complexity index is 634. The van der Waals surface area contributed by atoms with Crippen molar-refractivity contribution in [3.05, 3.63) is 12.7 Å². The Kier molecular flexibility index (Phi) is 3.57. The molecule has 11 nitrogen and oxygen atoms in total. The Labute approximate surface area is 137 Å². The normalized spacial score (nSPS) is 36.1. The van der Waals surface area contributed by atoms with E-state index in [1.54, 1.807) is 11.0 Å². The van der Waals surface area contributed by atoms with Crippen LogP contribution in [-0.2, 0) is 4.74 Å². The third kappa shape index (κ3) is 2.08. The number of rotatable bonds is 4. The second-order valence-corrected chi connectivity index (χ2v) is 6.10. The van der Waals surface area contributed by atoms with Crippen LogP contribution < -0.4 is 22.5 Å². The summed E-state index contributed by atoms with van der Waals surface area (Å²) < 4.78 is 4.80. The first-order chi connectivity index (χ1) is 11.2. The van der Waals surface area contributed by atoms with Gasteiger partial charge in [0.15, 0.2) is 17.6 Å². The van der Waals surface area contributed by atoms with Gasteiger partial charge in [0.2, 0.25) is 5.79 Å². The quantitative estimate of drug-likeness (QED) is 0.232. The fourth-order valence-electron chi connectivity index (χ4n) is 3.85. The van der Waals surface area contributed by atoms with Crippen LogP contribution in [0.1, 0.15) is 12.8 Å². The van der Waals surface area contributed by atoms with Gasteiger partial charge in [0.1, 0.15) is 18.7 Å². The summed E-state index contributed by atoms with van der Waals surface area (Å²) in [5.74, 6) is -2.11. The summed E-state index contributed by atoms with van der Waals surface area (Å²) in [6.07, 6.45) is 1.13. The van der Waals surface area contributed by atoms with Gasteiger partial charge in [0.25, 0.3) is 0 Å². The number of carbonyl (C=O) groups is 1. The van der Waals surface area contributed by atoms with E-state index in [1.165, 1.54) is 0 Å². The highest BCUT2D eigenvalue weighted by Crippen LogP contribution is 2.48. The highest BCUT2D eigenvalue weighted by Gasteiger charge is 2.71. The average Bonchev–Trinajstić information content (AvgIpc) is 2.92. The van der Waals surface area contributed by atoms with E-state index in [0.29, 0.717) is 6.42 Å². The highest BCUT2D eigenvalue weighted by atomic mass is 16.5. The number of aliphatic hydroxyl groups is 2. The van der Waals surface area contributed by atoms with Crippen LogP contribution in [-0.4, -0.2) is 69.3 Å². The lowest BCUT2D eigenvalue weighted by Crippen LogP contribution is -2.77. The summed E-state index contributed by atoms with van der Waals surface area (Å²) in [6, 6.07) is -1.94. The molecule has 0 aromatic rings. The van der Waals surface area contributed by atoms with Crippen LogP contribution >= 0.6 is 0 Å². The SMILES string of the molecule is C=CCC1CC(O)(O)[C@]23NC(N)=N[C@H]2[C@H](COC(N)=O)N=C(N)N13. The molecular weight excluding hydrogens is 318 g/mol. The summed E-state index contributed by atoms with van der Waals surface area (Å²) in [5, 5.41) is 24.3. The van der Waals surface area contributed by atoms with E-state index in [2.05, 4.69) is 21.9 Å². The molecule has 11 heteroatoms. The molecule has 132 valence electrons. The Morgan fingerprint density at radius 1 is 1.50 bits per heavy atom. The van der Waals surface area contributed by atoms with Gasteiger partial charge in [0.05, 0.1) is 0 Å². The summed E-state index contributed by atoms with van der Waals surface area (Å²) in [5.41, 5.74) is 15.4. The molecule has 3 rings (SSSR count). The second-order valence-electron chi connectivity index (χ2n) is 6.10. The lowest BCUT2D eigenvalue weighted by Gasteiger charge is -2.49. The number of primary amides is 1. The predicted octanol–water partition coefficient (Wildman–Crippen LogP) is -2.91. The molecule has 0 aliphatic carbocycles. The summed E-state index contributed by atoms with van der Waals surface area (Å²) >= 11 is 0. The first-order valence-corrected chi connectivity index (χ1v) is 7.45. The van der Waals surface area contributed by atoms with Crippen LogP contribution in [0.4, 0.5) is 4.79 Å². The van der Waals surface area contributed by atoms with Gasteiger partial charge in [-0.15, -0.1) is 6.58 Å². The lowest BCUT2D eigenvalue weighted by molar-refractivity contribution is -0.221. The Balaban J connectivity index is 2.05. The van der Waals surface area contributed by atoms with Crippen molar-refractivity contribution < 1.29 is 19.7 Å². The molecule has 3 aliphatic rings. The number of hydrogen-bond donors (Lipinski definition) is 6. The van der Waals surface area contributed by atoms with Gasteiger partial charge in [-0.05, 0) is 6.42 Å². The van der Waals surface area contributed by atoms with E-state index in [-0.39, 0.29) is 31.0 Å². The maximum Gasteiger partial charge on any atom is 0.404 e. The number of nitrogens with one attached hydrogen (secondary N) is 1. The van der Waals surface area contributed by atoms with Crippen molar-refractivity contribution in [1.82, 2.24) is 10.2 Å². The minimum Gasteiger partial charge on any atom is -0.447 e. The molecule has 0 aromatic heterocycles. The highest BCUT2D eigenvalue weighted by molar-refractivity contribution is 5.87. The minimum atomic E-state index is -2.19. The molecule has 3 aliphatic heterocycles. The van der Waals surface area contributed by atoms with Gasteiger partial charge >= 0.3 is 6.09 Å². The molecular formula is C13H21N7O4. The molecule has 1 spiro atoms. The van der Waals surface area contributed by atoms with Crippen LogP contribution in [0.15, 0.2) is 22.6 Å². The first-order valence-electron chi connectivity index (χ1n) is 7.45. The topological polar surface area (TPSA) is 185 Å². The molecule has 1 unspecified atom stereocenters. The summed E-state index contributed by atoms with van der Waals surface area (Å²) in [6.45, 7) is 3.47. The van der Waals surface area contributed by atoms with Crippen molar-refractivity contribution in [1.29, 1.82) is 0 Å². The molecule has 1 saturated heterocycles. The van der Waals surface area contributed by atoms with Crippen molar-refractivity contribution in [2.24, 2.45) is 27.2 Å². The fraction of sp³-hybridized carbons (Fsp3) is 0.615. The standard InChI is InChI=1S/C13H21N7O4/c1-2-3-6-4-12(22,23)13-8(18-9(14)19-13)7(5-24-11(16)21)17-10(15)20(6)13/h2,6-8,22-23H,1,3-5H2,(H2,15,17)(H2,16,21)(H3,14,18,19)/t6?,7-,8-,13-/m0/s1. The number of aliphatic imine (C=N–C) groups is 2. The first kappa shape index (κ1) is 16.3. The maximum absolute atomic E-state index is 10.9. The fourth-order valence-corrected chi connectivity index (χ4v) is 3.85. The number of guanidine groups is 2. The smallest absolute Gasteiger partial charge is 0.404 e. The van der Waals surface area contributed by atoms with E-state index < -0.39 is 29.6 Å². The molecule has 1 amide bonds. The molecule has 9 N–H and O–H groups in total. The largest absolute Gasteiger partial charge is 0.447 e. The van der Waals surface area contributed by atoms with Gasteiger partial charge in [-0.3, -0.25) is 0 Å². The lowest BCUT2D eigenvalue weighted by atomic mass is 9.86. The number of carbonyl (C=O) groups excluding carboxylic acids is 1. The molecule has 0 bridgehead atoms. The third-order valence-corrected chi connectivity index (χ3v) is 4.65. The van der Waals surface area contributed by atoms with Gasteiger partial charge in [0, 0.05) is 12.5 Å². The number of amides is 1. The zero-order valence-electron chi connectivity index (χ0n) is 12.9. The molecule has 4 atom stereocenters. The van der Waals surface area contributed by atoms with Gasteiger partial charge in [-0.25, -0.2) is 14.8 Å². The Morgan fingerprint density at radius 2 is 2.21 bits per heavy atom. The van der Waals surface area contributed by atoms with Crippen LogP contribution in [0, 0.1) is 0 Å². The van der Waals surface area contributed by atoms with Gasteiger partial charge in [-0.2, -0.15) is 0 Å². The molecule has 0 radical (unpaired) electrons. The molecule has 24 heavy (non-hydrogen) atoms. The van der Waals surface area contributed by atoms with E-state index in [9.17, 15) is 15.0 Å². The predicted molar refractivity (Wildman–Crippen MR) is 84.4 cm³/mol. The Morgan fingerprint density at radius 3 is 2.83 bits per heavy atom. The molecule has 0 saturated carbocycles. The average molecular weight is 339 g/mol.